The largest absolute Gasteiger partial charge is 0.433 e. The van der Waals surface area contributed by atoms with E-state index >= 15 is 0 Å². The van der Waals surface area contributed by atoms with E-state index in [-0.39, 0.29) is 29.9 Å². The maximum absolute atomic E-state index is 13.1. The van der Waals surface area contributed by atoms with Crippen LogP contribution in [0, 0.1) is 0 Å². The van der Waals surface area contributed by atoms with Crippen LogP contribution < -0.4 is 5.32 Å². The van der Waals surface area contributed by atoms with Crippen molar-refractivity contribution in [3.05, 3.63) is 72.3 Å². The lowest BCUT2D eigenvalue weighted by Crippen LogP contribution is -2.32. The zero-order valence-electron chi connectivity index (χ0n) is 16.5. The third-order valence-electron chi connectivity index (χ3n) is 5.17. The number of hydrogen-bond acceptors (Lipinski definition) is 5. The van der Waals surface area contributed by atoms with Crippen molar-refractivity contribution in [2.45, 2.75) is 23.2 Å². The van der Waals surface area contributed by atoms with Crippen LogP contribution in [-0.4, -0.2) is 46.4 Å². The fraction of sp³-hybridized carbons (Fsp3) is 0.300. The Balaban J connectivity index is 1.65. The van der Waals surface area contributed by atoms with Gasteiger partial charge in [-0.1, -0.05) is 36.4 Å². The molecule has 0 unspecified atom stereocenters. The maximum Gasteiger partial charge on any atom is 0.433 e. The smallest absolute Gasteiger partial charge is 0.365 e. The predicted octanol–water partition coefficient (Wildman–Crippen LogP) is 3.10. The van der Waals surface area contributed by atoms with E-state index in [9.17, 15) is 21.6 Å². The van der Waals surface area contributed by atoms with Crippen LogP contribution in [0.4, 0.5) is 19.0 Å². The quantitative estimate of drug-likeness (QED) is 0.645. The SMILES string of the molecule is Cn1cnc(S(=O)(=O)N2C[C@H](Nc3cccc(C(F)(F)F)n3)[C@@H](c3ccccc3)C2)c1. The molecule has 1 N–H and O–H groups in total. The van der Waals surface area contributed by atoms with E-state index in [0.29, 0.717) is 0 Å². The van der Waals surface area contributed by atoms with Crippen LogP contribution in [0.1, 0.15) is 17.2 Å². The Morgan fingerprint density at radius 2 is 1.81 bits per heavy atom. The molecule has 0 radical (unpaired) electrons. The van der Waals surface area contributed by atoms with Gasteiger partial charge in [0.2, 0.25) is 0 Å². The molecule has 164 valence electrons. The summed E-state index contributed by atoms with van der Waals surface area (Å²) in [5.41, 5.74) is -0.129. The van der Waals surface area contributed by atoms with Crippen LogP contribution in [0.3, 0.4) is 0 Å². The fourth-order valence-corrected chi connectivity index (χ4v) is 5.12. The molecule has 3 aromatic rings. The Hall–Kier alpha value is -2.92. The second-order valence-electron chi connectivity index (χ2n) is 7.37. The average molecular weight is 451 g/mol. The third-order valence-corrected chi connectivity index (χ3v) is 6.89. The molecule has 0 spiro atoms. The van der Waals surface area contributed by atoms with Crippen molar-refractivity contribution < 1.29 is 21.6 Å². The monoisotopic (exact) mass is 451 g/mol. The van der Waals surface area contributed by atoms with E-state index in [2.05, 4.69) is 15.3 Å². The molecule has 4 rings (SSSR count). The van der Waals surface area contributed by atoms with Crippen molar-refractivity contribution >= 4 is 15.8 Å². The summed E-state index contributed by atoms with van der Waals surface area (Å²) in [4.78, 5) is 7.62. The van der Waals surface area contributed by atoms with E-state index in [1.807, 2.05) is 30.3 Å². The first-order valence-corrected chi connectivity index (χ1v) is 10.9. The van der Waals surface area contributed by atoms with Crippen molar-refractivity contribution in [3.8, 4) is 0 Å². The molecule has 3 heterocycles. The summed E-state index contributed by atoms with van der Waals surface area (Å²) in [5.74, 6) is -0.242. The molecule has 7 nitrogen and oxygen atoms in total. The van der Waals surface area contributed by atoms with Gasteiger partial charge in [-0.15, -0.1) is 0 Å². The van der Waals surface area contributed by atoms with Gasteiger partial charge in [0, 0.05) is 38.3 Å². The number of aromatic nitrogens is 3. The van der Waals surface area contributed by atoms with Crippen LogP contribution in [-0.2, 0) is 23.2 Å². The highest BCUT2D eigenvalue weighted by Crippen LogP contribution is 2.34. The number of aryl methyl sites for hydroxylation is 1. The van der Waals surface area contributed by atoms with Gasteiger partial charge in [0.1, 0.15) is 11.5 Å². The summed E-state index contributed by atoms with van der Waals surface area (Å²) < 4.78 is 68.1. The van der Waals surface area contributed by atoms with E-state index < -0.39 is 27.9 Å². The first-order valence-electron chi connectivity index (χ1n) is 9.48. The van der Waals surface area contributed by atoms with E-state index in [1.165, 1.54) is 29.0 Å². The number of hydrogen-bond donors (Lipinski definition) is 1. The Bertz CT molecular complexity index is 1160. The lowest BCUT2D eigenvalue weighted by molar-refractivity contribution is -0.141. The topological polar surface area (TPSA) is 80.1 Å². The lowest BCUT2D eigenvalue weighted by atomic mass is 9.94. The first-order chi connectivity index (χ1) is 14.6. The van der Waals surface area contributed by atoms with Crippen molar-refractivity contribution in [1.29, 1.82) is 0 Å². The van der Waals surface area contributed by atoms with E-state index in [0.717, 1.165) is 11.6 Å². The normalized spacial score (nSPS) is 20.1. The van der Waals surface area contributed by atoms with Gasteiger partial charge in [-0.3, -0.25) is 0 Å². The summed E-state index contributed by atoms with van der Waals surface area (Å²) in [6.07, 6.45) is -1.75. The standard InChI is InChI=1S/C20H20F3N5O2S/c1-27-12-19(24-13-27)31(29,30)28-10-15(14-6-3-2-4-7-14)16(11-28)25-18-9-5-8-17(26-18)20(21,22)23/h2-9,12-13,15-16H,10-11H2,1H3,(H,25,26)/t15-,16+/m1/s1. The molecule has 0 saturated carbocycles. The highest BCUT2D eigenvalue weighted by atomic mass is 32.2. The van der Waals surface area contributed by atoms with Crippen molar-refractivity contribution in [2.24, 2.45) is 7.05 Å². The number of nitrogens with zero attached hydrogens (tertiary/aromatic N) is 4. The lowest BCUT2D eigenvalue weighted by Gasteiger charge is -2.21. The highest BCUT2D eigenvalue weighted by Gasteiger charge is 2.41. The summed E-state index contributed by atoms with van der Waals surface area (Å²) in [6, 6.07) is 12.4. The van der Waals surface area contributed by atoms with Crippen LogP contribution in [0.5, 0.6) is 0 Å². The maximum atomic E-state index is 13.1. The molecule has 11 heteroatoms. The summed E-state index contributed by atoms with van der Waals surface area (Å²) in [5, 5.41) is 2.95. The zero-order valence-corrected chi connectivity index (χ0v) is 17.3. The minimum absolute atomic E-state index is 0.0397. The Labute approximate surface area is 177 Å². The Kier molecular flexibility index (Phi) is 5.48. The third kappa shape index (κ3) is 4.42. The zero-order chi connectivity index (χ0) is 22.2. The van der Waals surface area contributed by atoms with Gasteiger partial charge in [-0.05, 0) is 17.7 Å². The molecule has 1 fully saturated rings. The number of anilines is 1. The van der Waals surface area contributed by atoms with Crippen molar-refractivity contribution in [3.63, 3.8) is 0 Å². The van der Waals surface area contributed by atoms with Gasteiger partial charge >= 0.3 is 6.18 Å². The second kappa shape index (κ2) is 7.97. The fourth-order valence-electron chi connectivity index (χ4n) is 3.67. The number of nitrogens with one attached hydrogen (secondary N) is 1. The first kappa shape index (κ1) is 21.3. The van der Waals surface area contributed by atoms with Gasteiger partial charge in [-0.2, -0.15) is 17.5 Å². The van der Waals surface area contributed by atoms with Crippen LogP contribution in [0.2, 0.25) is 0 Å². The molecule has 0 aliphatic carbocycles. The molecule has 0 amide bonds. The molecule has 0 bridgehead atoms. The molecule has 1 aliphatic rings. The number of sulfonamides is 1. The second-order valence-corrected chi connectivity index (χ2v) is 9.26. The van der Waals surface area contributed by atoms with Gasteiger partial charge in [0.05, 0.1) is 6.33 Å². The number of rotatable bonds is 5. The number of halogens is 3. The van der Waals surface area contributed by atoms with E-state index in [1.54, 1.807) is 11.6 Å². The van der Waals surface area contributed by atoms with E-state index in [4.69, 9.17) is 0 Å². The Morgan fingerprint density at radius 3 is 2.45 bits per heavy atom. The van der Waals surface area contributed by atoms with Crippen LogP contribution in [0.15, 0.2) is 66.1 Å². The van der Waals surface area contributed by atoms with Gasteiger partial charge < -0.3 is 9.88 Å². The van der Waals surface area contributed by atoms with Crippen LogP contribution >= 0.6 is 0 Å². The van der Waals surface area contributed by atoms with Gasteiger partial charge in [-0.25, -0.2) is 18.4 Å². The van der Waals surface area contributed by atoms with Gasteiger partial charge in [0.15, 0.2) is 5.03 Å². The summed E-state index contributed by atoms with van der Waals surface area (Å²) in [7, 11) is -2.18. The summed E-state index contributed by atoms with van der Waals surface area (Å²) in [6.45, 7) is 0.232. The summed E-state index contributed by atoms with van der Waals surface area (Å²) >= 11 is 0. The Morgan fingerprint density at radius 1 is 1.06 bits per heavy atom. The molecule has 1 saturated heterocycles. The molecule has 1 aliphatic heterocycles. The number of alkyl halides is 3. The van der Waals surface area contributed by atoms with Crippen molar-refractivity contribution in [1.82, 2.24) is 18.8 Å². The predicted molar refractivity (Wildman–Crippen MR) is 108 cm³/mol. The number of pyridine rings is 1. The minimum atomic E-state index is -4.57. The molecule has 31 heavy (non-hydrogen) atoms. The highest BCUT2D eigenvalue weighted by molar-refractivity contribution is 7.89. The minimum Gasteiger partial charge on any atom is -0.365 e. The average Bonchev–Trinajstić information content (AvgIpc) is 3.36. The van der Waals surface area contributed by atoms with Crippen LogP contribution in [0.25, 0.3) is 0 Å². The number of imidazole rings is 1. The van der Waals surface area contributed by atoms with Gasteiger partial charge in [0.25, 0.3) is 10.0 Å². The number of benzene rings is 1. The molecular formula is C20H20F3N5O2S. The molecule has 1 aromatic carbocycles. The molecule has 2 atom stereocenters. The van der Waals surface area contributed by atoms with Crippen molar-refractivity contribution in [2.75, 3.05) is 18.4 Å². The molecule has 2 aromatic heterocycles. The molecular weight excluding hydrogens is 431 g/mol.